The average molecular weight is 241 g/mol. The third-order valence-corrected chi connectivity index (χ3v) is 2.55. The molecule has 0 unspecified atom stereocenters. The molecule has 0 aromatic heterocycles. The van der Waals surface area contributed by atoms with E-state index in [-0.39, 0.29) is 5.78 Å². The number of Topliss-reactive ketones (excluding diaryl/α,β-unsaturated/α-hetero) is 1. The Morgan fingerprint density at radius 3 is 3.08 bits per heavy atom. The monoisotopic (exact) mass is 240 g/mol. The highest BCUT2D eigenvalue weighted by molar-refractivity contribution is 9.10. The largest absolute Gasteiger partial charge is 0.493 e. The molecule has 0 fully saturated rings. The van der Waals surface area contributed by atoms with Crippen molar-refractivity contribution >= 4 is 21.7 Å². The van der Waals surface area contributed by atoms with Crippen LogP contribution in [0.1, 0.15) is 12.0 Å². The van der Waals surface area contributed by atoms with Crippen molar-refractivity contribution < 1.29 is 9.53 Å². The predicted molar refractivity (Wildman–Crippen MR) is 53.0 cm³/mol. The minimum Gasteiger partial charge on any atom is -0.493 e. The van der Waals surface area contributed by atoms with E-state index < -0.39 is 0 Å². The highest BCUT2D eigenvalue weighted by Crippen LogP contribution is 2.26. The molecule has 0 atom stereocenters. The lowest BCUT2D eigenvalue weighted by molar-refractivity contribution is -0.118. The number of fused-ring (bicyclic) bond motifs is 1. The van der Waals surface area contributed by atoms with Crippen LogP contribution in [0.3, 0.4) is 0 Å². The van der Waals surface area contributed by atoms with Crippen LogP contribution in [-0.2, 0) is 11.2 Å². The molecule has 0 radical (unpaired) electrons. The lowest BCUT2D eigenvalue weighted by atomic mass is 10.1. The van der Waals surface area contributed by atoms with E-state index in [9.17, 15) is 4.79 Å². The zero-order valence-electron chi connectivity index (χ0n) is 7.05. The first kappa shape index (κ1) is 8.75. The lowest BCUT2D eigenvalue weighted by Gasteiger charge is -2.05. The molecule has 1 aromatic carbocycles. The topological polar surface area (TPSA) is 26.3 Å². The van der Waals surface area contributed by atoms with Gasteiger partial charge in [-0.2, -0.15) is 0 Å². The Kier molecular flexibility index (Phi) is 2.36. The smallest absolute Gasteiger partial charge is 0.140 e. The van der Waals surface area contributed by atoms with Crippen LogP contribution in [0.4, 0.5) is 0 Å². The van der Waals surface area contributed by atoms with E-state index in [0.29, 0.717) is 19.4 Å². The summed E-state index contributed by atoms with van der Waals surface area (Å²) in [4.78, 5) is 11.2. The molecule has 0 aliphatic carbocycles. The standard InChI is InChI=1S/C10H9BrO2/c11-8-2-1-7-5-9(12)3-4-13-10(7)6-8/h1-2,6H,3-5H2. The van der Waals surface area contributed by atoms with Gasteiger partial charge >= 0.3 is 0 Å². The van der Waals surface area contributed by atoms with Gasteiger partial charge in [-0.15, -0.1) is 0 Å². The molecule has 0 spiro atoms. The predicted octanol–water partition coefficient (Wildman–Crippen LogP) is 2.34. The minimum absolute atomic E-state index is 0.251. The molecule has 0 bridgehead atoms. The summed E-state index contributed by atoms with van der Waals surface area (Å²) in [7, 11) is 0. The molecular weight excluding hydrogens is 232 g/mol. The normalized spacial score (nSPS) is 15.9. The van der Waals surface area contributed by atoms with Crippen molar-refractivity contribution in [3.05, 3.63) is 28.2 Å². The number of carbonyl (C=O) groups excluding carboxylic acids is 1. The van der Waals surface area contributed by atoms with E-state index in [4.69, 9.17) is 4.74 Å². The molecule has 0 saturated carbocycles. The number of hydrogen-bond acceptors (Lipinski definition) is 2. The SMILES string of the molecule is O=C1CCOc2cc(Br)ccc2C1. The zero-order chi connectivity index (χ0) is 9.26. The summed E-state index contributed by atoms with van der Waals surface area (Å²) in [5.41, 5.74) is 0.991. The lowest BCUT2D eigenvalue weighted by Crippen LogP contribution is -2.02. The molecule has 0 amide bonds. The molecule has 2 rings (SSSR count). The zero-order valence-corrected chi connectivity index (χ0v) is 8.63. The van der Waals surface area contributed by atoms with Gasteiger partial charge in [0.1, 0.15) is 11.5 Å². The summed E-state index contributed by atoms with van der Waals surface area (Å²) in [5.74, 6) is 1.08. The van der Waals surface area contributed by atoms with Crippen molar-refractivity contribution in [2.75, 3.05) is 6.61 Å². The van der Waals surface area contributed by atoms with E-state index in [2.05, 4.69) is 15.9 Å². The van der Waals surface area contributed by atoms with E-state index in [0.717, 1.165) is 15.8 Å². The van der Waals surface area contributed by atoms with Gasteiger partial charge in [-0.3, -0.25) is 4.79 Å². The van der Waals surface area contributed by atoms with Gasteiger partial charge in [-0.25, -0.2) is 0 Å². The number of carbonyl (C=O) groups is 1. The van der Waals surface area contributed by atoms with Crippen LogP contribution in [0, 0.1) is 0 Å². The summed E-state index contributed by atoms with van der Waals surface area (Å²) in [6.07, 6.45) is 1.02. The van der Waals surface area contributed by atoms with Crippen LogP contribution in [0.5, 0.6) is 5.75 Å². The summed E-state index contributed by atoms with van der Waals surface area (Å²) in [6, 6.07) is 5.78. The minimum atomic E-state index is 0.251. The fraction of sp³-hybridized carbons (Fsp3) is 0.300. The van der Waals surface area contributed by atoms with Gasteiger partial charge in [-0.1, -0.05) is 22.0 Å². The van der Waals surface area contributed by atoms with Gasteiger partial charge in [-0.05, 0) is 12.1 Å². The summed E-state index contributed by atoms with van der Waals surface area (Å²) >= 11 is 3.37. The molecule has 68 valence electrons. The maximum absolute atomic E-state index is 11.2. The second-order valence-electron chi connectivity index (χ2n) is 3.07. The fourth-order valence-electron chi connectivity index (χ4n) is 1.38. The van der Waals surface area contributed by atoms with Crippen molar-refractivity contribution in [1.82, 2.24) is 0 Å². The third kappa shape index (κ3) is 1.91. The van der Waals surface area contributed by atoms with Crippen molar-refractivity contribution in [2.45, 2.75) is 12.8 Å². The Bertz CT molecular complexity index is 347. The summed E-state index contributed by atoms with van der Waals surface area (Å²) in [6.45, 7) is 0.502. The average Bonchev–Trinajstić information content (AvgIpc) is 2.25. The maximum Gasteiger partial charge on any atom is 0.140 e. The van der Waals surface area contributed by atoms with Gasteiger partial charge in [0, 0.05) is 22.9 Å². The van der Waals surface area contributed by atoms with Crippen LogP contribution in [0.2, 0.25) is 0 Å². The molecular formula is C10H9BrO2. The molecule has 1 aliphatic rings. The number of hydrogen-bond donors (Lipinski definition) is 0. The van der Waals surface area contributed by atoms with E-state index in [1.807, 2.05) is 18.2 Å². The van der Waals surface area contributed by atoms with Crippen LogP contribution in [0.25, 0.3) is 0 Å². The fourth-order valence-corrected chi connectivity index (χ4v) is 1.72. The van der Waals surface area contributed by atoms with Crippen LogP contribution in [-0.4, -0.2) is 12.4 Å². The summed E-state index contributed by atoms with van der Waals surface area (Å²) < 4.78 is 6.44. The third-order valence-electron chi connectivity index (χ3n) is 2.06. The van der Waals surface area contributed by atoms with E-state index in [1.54, 1.807) is 0 Å². The van der Waals surface area contributed by atoms with Gasteiger partial charge in [0.05, 0.1) is 6.61 Å². The van der Waals surface area contributed by atoms with Crippen molar-refractivity contribution in [1.29, 1.82) is 0 Å². The van der Waals surface area contributed by atoms with Crippen molar-refractivity contribution in [3.63, 3.8) is 0 Å². The number of halogens is 1. The van der Waals surface area contributed by atoms with Crippen LogP contribution in [0.15, 0.2) is 22.7 Å². The maximum atomic E-state index is 11.2. The number of rotatable bonds is 0. The molecule has 13 heavy (non-hydrogen) atoms. The Hall–Kier alpha value is -0.830. The molecule has 2 nitrogen and oxygen atoms in total. The van der Waals surface area contributed by atoms with Crippen LogP contribution < -0.4 is 4.74 Å². The Morgan fingerprint density at radius 1 is 1.38 bits per heavy atom. The van der Waals surface area contributed by atoms with E-state index in [1.165, 1.54) is 0 Å². The molecule has 3 heteroatoms. The molecule has 1 heterocycles. The number of benzene rings is 1. The van der Waals surface area contributed by atoms with Gasteiger partial charge in [0.15, 0.2) is 0 Å². The highest BCUT2D eigenvalue weighted by atomic mass is 79.9. The Balaban J connectivity index is 2.40. The van der Waals surface area contributed by atoms with Crippen molar-refractivity contribution in [2.24, 2.45) is 0 Å². The van der Waals surface area contributed by atoms with E-state index >= 15 is 0 Å². The van der Waals surface area contributed by atoms with Gasteiger partial charge < -0.3 is 4.74 Å². The Morgan fingerprint density at radius 2 is 2.23 bits per heavy atom. The number of ether oxygens (including phenoxy) is 1. The molecule has 0 N–H and O–H groups in total. The first-order valence-electron chi connectivity index (χ1n) is 4.18. The van der Waals surface area contributed by atoms with Crippen molar-refractivity contribution in [3.8, 4) is 5.75 Å². The van der Waals surface area contributed by atoms with Crippen LogP contribution >= 0.6 is 15.9 Å². The summed E-state index contributed by atoms with van der Waals surface area (Å²) in [5, 5.41) is 0. The number of ketones is 1. The first-order valence-corrected chi connectivity index (χ1v) is 4.98. The van der Waals surface area contributed by atoms with Gasteiger partial charge in [0.25, 0.3) is 0 Å². The second kappa shape index (κ2) is 3.50. The second-order valence-corrected chi connectivity index (χ2v) is 3.98. The highest BCUT2D eigenvalue weighted by Gasteiger charge is 2.14. The quantitative estimate of drug-likeness (QED) is 0.696. The molecule has 1 aromatic rings. The van der Waals surface area contributed by atoms with Gasteiger partial charge in [0.2, 0.25) is 0 Å². The first-order chi connectivity index (χ1) is 6.25. The molecule has 1 aliphatic heterocycles. The molecule has 0 saturated heterocycles. The Labute approximate surface area is 85.0 Å².